The van der Waals surface area contributed by atoms with E-state index in [0.717, 1.165) is 27.8 Å². The van der Waals surface area contributed by atoms with Gasteiger partial charge < -0.3 is 5.73 Å². The largest absolute Gasteiger partial charge is 0.383 e. The van der Waals surface area contributed by atoms with Crippen LogP contribution in [0.3, 0.4) is 0 Å². The zero-order valence-electron chi connectivity index (χ0n) is 19.7. The fourth-order valence-electron chi connectivity index (χ4n) is 3.73. The topological polar surface area (TPSA) is 87.0 Å². The van der Waals surface area contributed by atoms with E-state index in [1.54, 1.807) is 0 Å². The van der Waals surface area contributed by atoms with Crippen LogP contribution in [0.5, 0.6) is 0 Å². The molecule has 0 unspecified atom stereocenters. The van der Waals surface area contributed by atoms with Gasteiger partial charge in [-0.15, -0.1) is 0 Å². The van der Waals surface area contributed by atoms with Gasteiger partial charge in [0, 0.05) is 33.4 Å². The van der Waals surface area contributed by atoms with Crippen LogP contribution in [0, 0.1) is 24.2 Å². The van der Waals surface area contributed by atoms with Crippen molar-refractivity contribution < 1.29 is 0 Å². The zero-order chi connectivity index (χ0) is 24.9. The van der Waals surface area contributed by atoms with Gasteiger partial charge in [0.05, 0.1) is 0 Å². The molecule has 172 valence electrons. The predicted octanol–water partition coefficient (Wildman–Crippen LogP) is 5.33. The van der Waals surface area contributed by atoms with Gasteiger partial charge in [0.2, 0.25) is 0 Å². The minimum atomic E-state index is 0.123. The Morgan fingerprint density at radius 1 is 0.750 bits per heavy atom. The second-order valence-corrected chi connectivity index (χ2v) is 8.32. The predicted molar refractivity (Wildman–Crippen MR) is 147 cm³/mol. The molecule has 0 saturated carbocycles. The van der Waals surface area contributed by atoms with Gasteiger partial charge in [-0.3, -0.25) is 5.41 Å². The van der Waals surface area contributed by atoms with Crippen molar-refractivity contribution in [2.75, 3.05) is 0 Å². The Kier molecular flexibility index (Phi) is 6.33. The van der Waals surface area contributed by atoms with E-state index in [2.05, 4.69) is 33.7 Å². The van der Waals surface area contributed by atoms with E-state index in [4.69, 9.17) is 11.1 Å². The van der Waals surface area contributed by atoms with E-state index in [0.29, 0.717) is 23.1 Å². The molecule has 5 nitrogen and oxygen atoms in total. The normalized spacial score (nSPS) is 13.5. The van der Waals surface area contributed by atoms with Gasteiger partial charge in [-0.1, -0.05) is 90.2 Å². The Morgan fingerprint density at radius 2 is 1.36 bits per heavy atom. The van der Waals surface area contributed by atoms with Crippen LogP contribution in [0.4, 0.5) is 0 Å². The first-order chi connectivity index (χ1) is 17.6. The first-order valence-electron chi connectivity index (χ1n) is 11.5. The summed E-state index contributed by atoms with van der Waals surface area (Å²) >= 11 is 0. The summed E-state index contributed by atoms with van der Waals surface area (Å²) in [4.78, 5) is 13.8. The van der Waals surface area contributed by atoms with E-state index in [9.17, 15) is 0 Å². The highest BCUT2D eigenvalue weighted by Crippen LogP contribution is 2.23. The van der Waals surface area contributed by atoms with Crippen molar-refractivity contribution in [2.24, 2.45) is 20.7 Å². The number of benzene rings is 4. The molecule has 1 heterocycles. The Hall–Kier alpha value is -5.08. The second kappa shape index (κ2) is 10.0. The summed E-state index contributed by atoms with van der Waals surface area (Å²) in [5.41, 5.74) is 12.3. The van der Waals surface area contributed by atoms with Gasteiger partial charge in [-0.05, 0) is 37.3 Å². The first kappa shape index (κ1) is 22.7. The van der Waals surface area contributed by atoms with E-state index in [1.807, 2.05) is 103 Å². The maximum absolute atomic E-state index is 8.50. The molecule has 0 saturated heterocycles. The molecule has 4 aromatic carbocycles. The number of aliphatic imine (C=N–C) groups is 3. The smallest absolute Gasteiger partial charge is 0.164 e. The van der Waals surface area contributed by atoms with Crippen molar-refractivity contribution in [2.45, 2.75) is 6.92 Å². The van der Waals surface area contributed by atoms with Crippen molar-refractivity contribution in [1.82, 2.24) is 0 Å². The number of aryl methyl sites for hydroxylation is 1. The minimum absolute atomic E-state index is 0.123. The van der Waals surface area contributed by atoms with Crippen LogP contribution in [0.15, 0.2) is 118 Å². The highest BCUT2D eigenvalue weighted by Gasteiger charge is 2.23. The summed E-state index contributed by atoms with van der Waals surface area (Å²) in [6.45, 7) is 2.05. The van der Waals surface area contributed by atoms with E-state index in [-0.39, 0.29) is 5.84 Å². The van der Waals surface area contributed by atoms with Crippen molar-refractivity contribution in [3.05, 3.63) is 142 Å². The van der Waals surface area contributed by atoms with Gasteiger partial charge in [0.15, 0.2) is 17.5 Å². The summed E-state index contributed by atoms with van der Waals surface area (Å²) in [6, 6.07) is 32.8. The van der Waals surface area contributed by atoms with Gasteiger partial charge >= 0.3 is 0 Å². The molecule has 36 heavy (non-hydrogen) atoms. The number of nitrogens with one attached hydrogen (secondary N) is 1. The number of rotatable bonds is 2. The van der Waals surface area contributed by atoms with Crippen molar-refractivity contribution in [3.63, 3.8) is 0 Å². The molecule has 4 aromatic rings. The van der Waals surface area contributed by atoms with Gasteiger partial charge in [-0.25, -0.2) is 15.0 Å². The summed E-state index contributed by atoms with van der Waals surface area (Å²) in [7, 11) is 0. The number of fused-ring (bicyclic) bond motifs is 1. The lowest BCUT2D eigenvalue weighted by Gasteiger charge is -2.03. The molecule has 5 heteroatoms. The molecule has 0 amide bonds. The van der Waals surface area contributed by atoms with Crippen molar-refractivity contribution >= 4 is 23.3 Å². The monoisotopic (exact) mass is 465 g/mol. The third-order valence-electron chi connectivity index (χ3n) is 5.68. The molecule has 0 radical (unpaired) electrons. The van der Waals surface area contributed by atoms with Gasteiger partial charge in [-0.2, -0.15) is 0 Å². The zero-order valence-corrected chi connectivity index (χ0v) is 19.7. The third kappa shape index (κ3) is 5.03. The number of nitrogens with two attached hydrogens (primary N) is 1. The molecule has 0 aromatic heterocycles. The second-order valence-electron chi connectivity index (χ2n) is 8.32. The SMILES string of the molecule is Cc1ccc(C#Cc2ccc3c(c2)C(=NC(=N)c2ccccc2)N=C3N=C(N)c2ccccc2)cc1. The van der Waals surface area contributed by atoms with Crippen LogP contribution >= 0.6 is 0 Å². The van der Waals surface area contributed by atoms with Crippen LogP contribution in [-0.2, 0) is 0 Å². The summed E-state index contributed by atoms with van der Waals surface area (Å²) in [6.07, 6.45) is 0. The molecule has 0 bridgehead atoms. The molecule has 5 rings (SSSR count). The first-order valence-corrected chi connectivity index (χ1v) is 11.5. The van der Waals surface area contributed by atoms with Crippen molar-refractivity contribution in [3.8, 4) is 11.8 Å². The standard InChI is InChI=1S/C31H23N5/c1-21-12-14-22(15-13-21)16-17-23-18-19-26-27(20-23)31(35-29(33)25-10-6-3-7-11-25)36-30(26)34-28(32)24-8-4-2-5-9-24/h2-15,18-20H,1H3,(H3,32,33,34,35,36). The molecule has 1 aliphatic rings. The van der Waals surface area contributed by atoms with Crippen LogP contribution in [0.25, 0.3) is 0 Å². The highest BCUT2D eigenvalue weighted by molar-refractivity contribution is 6.27. The average Bonchev–Trinajstić information content (AvgIpc) is 3.25. The summed E-state index contributed by atoms with van der Waals surface area (Å²) in [5, 5.41) is 8.50. The Balaban J connectivity index is 1.55. The van der Waals surface area contributed by atoms with Crippen LogP contribution in [-0.4, -0.2) is 23.3 Å². The Labute approximate surface area is 210 Å². The molecule has 3 N–H and O–H groups in total. The molecule has 0 spiro atoms. The minimum Gasteiger partial charge on any atom is -0.383 e. The number of hydrogen-bond donors (Lipinski definition) is 2. The number of amidine groups is 4. The molecule has 1 aliphatic heterocycles. The lowest BCUT2D eigenvalue weighted by atomic mass is 10.0. The number of hydrogen-bond acceptors (Lipinski definition) is 2. The fourth-order valence-corrected chi connectivity index (χ4v) is 3.73. The molecular weight excluding hydrogens is 442 g/mol. The molecule has 0 aliphatic carbocycles. The van der Waals surface area contributed by atoms with E-state index in [1.165, 1.54) is 5.56 Å². The maximum atomic E-state index is 8.50. The van der Waals surface area contributed by atoms with Gasteiger partial charge in [0.1, 0.15) is 5.84 Å². The lowest BCUT2D eigenvalue weighted by molar-refractivity contribution is 1.40. The lowest BCUT2D eigenvalue weighted by Crippen LogP contribution is -2.15. The number of nitrogens with zero attached hydrogens (tertiary/aromatic N) is 3. The summed E-state index contributed by atoms with van der Waals surface area (Å²) in [5.74, 6) is 7.80. The Morgan fingerprint density at radius 3 is 2.06 bits per heavy atom. The van der Waals surface area contributed by atoms with Crippen LogP contribution in [0.2, 0.25) is 0 Å². The van der Waals surface area contributed by atoms with E-state index >= 15 is 0 Å². The summed E-state index contributed by atoms with van der Waals surface area (Å²) < 4.78 is 0. The molecule has 0 fully saturated rings. The quantitative estimate of drug-likeness (QED) is 0.234. The Bertz CT molecular complexity index is 1580. The van der Waals surface area contributed by atoms with Crippen LogP contribution < -0.4 is 5.73 Å². The van der Waals surface area contributed by atoms with Crippen molar-refractivity contribution in [1.29, 1.82) is 5.41 Å². The molecule has 0 atom stereocenters. The van der Waals surface area contributed by atoms with Crippen LogP contribution in [0.1, 0.15) is 38.9 Å². The van der Waals surface area contributed by atoms with Gasteiger partial charge in [0.25, 0.3) is 0 Å². The fraction of sp³-hybridized carbons (Fsp3) is 0.0323. The third-order valence-corrected chi connectivity index (χ3v) is 5.68. The van der Waals surface area contributed by atoms with E-state index < -0.39 is 0 Å². The highest BCUT2D eigenvalue weighted by atomic mass is 15.1. The molecular formula is C31H23N5. The maximum Gasteiger partial charge on any atom is 0.164 e. The average molecular weight is 466 g/mol.